The van der Waals surface area contributed by atoms with E-state index in [2.05, 4.69) is 4.74 Å². The first-order valence-electron chi connectivity index (χ1n) is 8.61. The Hall–Kier alpha value is -3.05. The van der Waals surface area contributed by atoms with E-state index in [-0.39, 0.29) is 5.39 Å². The summed E-state index contributed by atoms with van der Waals surface area (Å²) in [5.41, 5.74) is -0.467. The average Bonchev–Trinajstić information content (AvgIpc) is 2.68. The standard InChI is InChI=1S/C20H11F5O5S/c21-19(22,23)18(20(24,25)31(27,28)29)30-17(26)14-9-7-12-5-4-10-2-1-3-11-6-8-13(14)16(12)15(10)11/h1-9,18H,(H,27,28,29). The van der Waals surface area contributed by atoms with E-state index < -0.39 is 39.2 Å². The smallest absolute Gasteiger partial charge is 0.432 e. The van der Waals surface area contributed by atoms with Crippen molar-refractivity contribution < 1.29 is 44.5 Å². The molecule has 0 radical (unpaired) electrons. The van der Waals surface area contributed by atoms with Crippen LogP contribution in [0.25, 0.3) is 32.3 Å². The zero-order valence-corrected chi connectivity index (χ0v) is 16.0. The maximum absolute atomic E-state index is 13.8. The number of ether oxygens (including phenoxy) is 1. The molecule has 0 amide bonds. The summed E-state index contributed by atoms with van der Waals surface area (Å²) in [5.74, 6) is -1.82. The molecule has 4 aromatic carbocycles. The van der Waals surface area contributed by atoms with Gasteiger partial charge in [0.15, 0.2) is 0 Å². The van der Waals surface area contributed by atoms with Gasteiger partial charge < -0.3 is 4.74 Å². The Balaban J connectivity index is 1.87. The van der Waals surface area contributed by atoms with E-state index in [1.807, 2.05) is 6.07 Å². The van der Waals surface area contributed by atoms with Crippen LogP contribution in [0.5, 0.6) is 0 Å². The van der Waals surface area contributed by atoms with E-state index in [1.165, 1.54) is 12.1 Å². The highest BCUT2D eigenvalue weighted by Gasteiger charge is 2.66. The monoisotopic (exact) mass is 458 g/mol. The third-order valence-electron chi connectivity index (χ3n) is 4.92. The molecule has 0 aliphatic carbocycles. The zero-order valence-electron chi connectivity index (χ0n) is 15.2. The Morgan fingerprint density at radius 3 is 1.90 bits per heavy atom. The van der Waals surface area contributed by atoms with Gasteiger partial charge in [-0.15, -0.1) is 0 Å². The van der Waals surface area contributed by atoms with Crippen molar-refractivity contribution >= 4 is 48.4 Å². The molecule has 1 atom stereocenters. The summed E-state index contributed by atoms with van der Waals surface area (Å²) in [6.45, 7) is 0. The SMILES string of the molecule is O=C(OC(C(F)(F)F)C(F)(F)S(=O)(=O)O)c1ccc2ccc3cccc4ccc1c2c34. The molecule has 0 heterocycles. The predicted octanol–water partition coefficient (Wildman–Crippen LogP) is 5.15. The van der Waals surface area contributed by atoms with Gasteiger partial charge in [0.05, 0.1) is 5.56 Å². The number of hydrogen-bond donors (Lipinski definition) is 1. The lowest BCUT2D eigenvalue weighted by molar-refractivity contribution is -0.247. The van der Waals surface area contributed by atoms with Crippen LogP contribution in [0.4, 0.5) is 22.0 Å². The van der Waals surface area contributed by atoms with Crippen LogP contribution in [-0.2, 0) is 14.9 Å². The Kier molecular flexibility index (Phi) is 4.60. The van der Waals surface area contributed by atoms with Gasteiger partial charge >= 0.3 is 27.5 Å². The van der Waals surface area contributed by atoms with Crippen molar-refractivity contribution in [3.63, 3.8) is 0 Å². The predicted molar refractivity (Wildman–Crippen MR) is 102 cm³/mol. The van der Waals surface area contributed by atoms with Crippen LogP contribution < -0.4 is 0 Å². The molecule has 162 valence electrons. The van der Waals surface area contributed by atoms with Gasteiger partial charge in [-0.05, 0) is 38.4 Å². The minimum absolute atomic E-state index is 0.142. The summed E-state index contributed by atoms with van der Waals surface area (Å²) in [4.78, 5) is 12.5. The second kappa shape index (κ2) is 6.72. The van der Waals surface area contributed by atoms with Gasteiger partial charge in [0, 0.05) is 0 Å². The molecular formula is C20H11F5O5S. The van der Waals surface area contributed by atoms with Gasteiger partial charge in [0.2, 0.25) is 0 Å². The second-order valence-electron chi connectivity index (χ2n) is 6.83. The first-order chi connectivity index (χ1) is 14.3. The minimum Gasteiger partial charge on any atom is -0.441 e. The fraction of sp³-hybridized carbons (Fsp3) is 0.150. The van der Waals surface area contributed by atoms with Gasteiger partial charge in [-0.2, -0.15) is 30.4 Å². The Labute approximate surface area is 171 Å². The number of rotatable bonds is 4. The van der Waals surface area contributed by atoms with Gasteiger partial charge in [-0.1, -0.05) is 48.5 Å². The Morgan fingerprint density at radius 2 is 1.35 bits per heavy atom. The summed E-state index contributed by atoms with van der Waals surface area (Å²) in [6, 6.07) is 14.5. The molecular weight excluding hydrogens is 447 g/mol. The maximum Gasteiger partial charge on any atom is 0.432 e. The third-order valence-corrected chi connectivity index (χ3v) is 5.82. The molecule has 0 bridgehead atoms. The second-order valence-corrected chi connectivity index (χ2v) is 8.33. The molecule has 0 aliphatic heterocycles. The fourth-order valence-corrected chi connectivity index (χ4v) is 4.00. The summed E-state index contributed by atoms with van der Waals surface area (Å²) < 4.78 is 101. The van der Waals surface area contributed by atoms with E-state index in [1.54, 1.807) is 30.3 Å². The molecule has 0 saturated carbocycles. The molecule has 31 heavy (non-hydrogen) atoms. The van der Waals surface area contributed by atoms with Crippen molar-refractivity contribution in [1.82, 2.24) is 0 Å². The van der Waals surface area contributed by atoms with Crippen LogP contribution in [0.15, 0.2) is 54.6 Å². The van der Waals surface area contributed by atoms with Crippen molar-refractivity contribution in [2.75, 3.05) is 0 Å². The number of alkyl halides is 5. The molecule has 1 unspecified atom stereocenters. The highest BCUT2D eigenvalue weighted by Crippen LogP contribution is 2.40. The maximum atomic E-state index is 13.8. The highest BCUT2D eigenvalue weighted by atomic mass is 32.2. The zero-order chi connectivity index (χ0) is 22.8. The summed E-state index contributed by atoms with van der Waals surface area (Å²) in [6.07, 6.45) is -10.4. The van der Waals surface area contributed by atoms with E-state index in [0.29, 0.717) is 16.2 Å². The Morgan fingerprint density at radius 1 is 0.839 bits per heavy atom. The Bertz CT molecular complexity index is 1410. The van der Waals surface area contributed by atoms with Crippen LogP contribution in [0.3, 0.4) is 0 Å². The summed E-state index contributed by atoms with van der Waals surface area (Å²) >= 11 is 0. The molecule has 0 fully saturated rings. The number of hydrogen-bond acceptors (Lipinski definition) is 4. The lowest BCUT2D eigenvalue weighted by Crippen LogP contribution is -2.52. The number of carbonyl (C=O) groups is 1. The molecule has 0 spiro atoms. The van der Waals surface area contributed by atoms with Gasteiger partial charge in [-0.25, -0.2) is 4.79 Å². The minimum atomic E-state index is -6.53. The first kappa shape index (κ1) is 21.2. The molecule has 4 aromatic rings. The van der Waals surface area contributed by atoms with Crippen LogP contribution in [0, 0.1) is 0 Å². The highest BCUT2D eigenvalue weighted by molar-refractivity contribution is 7.86. The lowest BCUT2D eigenvalue weighted by atomic mass is 9.92. The largest absolute Gasteiger partial charge is 0.441 e. The normalized spacial score (nSPS) is 14.4. The van der Waals surface area contributed by atoms with E-state index in [0.717, 1.165) is 16.8 Å². The average molecular weight is 458 g/mol. The summed E-state index contributed by atoms with van der Waals surface area (Å²) in [5, 5.41) is -2.23. The van der Waals surface area contributed by atoms with Crippen LogP contribution >= 0.6 is 0 Å². The van der Waals surface area contributed by atoms with Crippen molar-refractivity contribution in [3.8, 4) is 0 Å². The molecule has 1 N–H and O–H groups in total. The first-order valence-corrected chi connectivity index (χ1v) is 10.1. The van der Waals surface area contributed by atoms with Crippen molar-refractivity contribution in [2.45, 2.75) is 17.5 Å². The van der Waals surface area contributed by atoms with E-state index in [9.17, 15) is 35.2 Å². The van der Waals surface area contributed by atoms with Crippen LogP contribution in [0.1, 0.15) is 10.4 Å². The molecule has 0 aliphatic rings. The van der Waals surface area contributed by atoms with Crippen LogP contribution in [-0.4, -0.2) is 36.5 Å². The quantitative estimate of drug-likeness (QED) is 0.198. The van der Waals surface area contributed by atoms with Gasteiger partial charge in [0.1, 0.15) is 0 Å². The summed E-state index contributed by atoms with van der Waals surface area (Å²) in [7, 11) is -6.53. The fourth-order valence-electron chi connectivity index (χ4n) is 3.55. The number of carbonyl (C=O) groups excluding carboxylic acids is 1. The lowest BCUT2D eigenvalue weighted by Gasteiger charge is -2.26. The number of halogens is 5. The van der Waals surface area contributed by atoms with Crippen LogP contribution in [0.2, 0.25) is 0 Å². The third kappa shape index (κ3) is 3.33. The molecule has 0 aromatic heterocycles. The number of esters is 1. The topological polar surface area (TPSA) is 80.7 Å². The van der Waals surface area contributed by atoms with Crippen molar-refractivity contribution in [3.05, 3.63) is 60.2 Å². The van der Waals surface area contributed by atoms with Gasteiger partial charge in [-0.3, -0.25) is 4.55 Å². The molecule has 11 heteroatoms. The van der Waals surface area contributed by atoms with E-state index >= 15 is 0 Å². The van der Waals surface area contributed by atoms with E-state index in [4.69, 9.17) is 4.55 Å². The molecule has 0 saturated heterocycles. The van der Waals surface area contributed by atoms with Gasteiger partial charge in [0.25, 0.3) is 6.10 Å². The van der Waals surface area contributed by atoms with Crippen molar-refractivity contribution in [2.24, 2.45) is 0 Å². The molecule has 5 nitrogen and oxygen atoms in total. The number of benzene rings is 4. The van der Waals surface area contributed by atoms with Crippen molar-refractivity contribution in [1.29, 1.82) is 0 Å². The molecule has 4 rings (SSSR count).